The van der Waals surface area contributed by atoms with Crippen LogP contribution in [0.3, 0.4) is 0 Å². The number of phenolic OH excluding ortho intramolecular Hbond substituents is 1. The average Bonchev–Trinajstić information content (AvgIpc) is 3.32. The van der Waals surface area contributed by atoms with Gasteiger partial charge in [0.1, 0.15) is 5.76 Å². The minimum Gasteiger partial charge on any atom is -0.504 e. The normalized spacial score (nSPS) is 34.1. The summed E-state index contributed by atoms with van der Waals surface area (Å²) >= 11 is 0. The molecule has 5 aliphatic rings. The number of carbonyl (C=O) groups is 3. The van der Waals surface area contributed by atoms with Crippen LogP contribution >= 0.6 is 0 Å². The van der Waals surface area contributed by atoms with E-state index in [1.807, 2.05) is 13.1 Å². The van der Waals surface area contributed by atoms with E-state index in [2.05, 4.69) is 10.2 Å². The number of carbonyl (C=O) groups excluding carboxylic acids is 3. The van der Waals surface area contributed by atoms with Crippen LogP contribution in [0, 0.1) is 0 Å². The van der Waals surface area contributed by atoms with Gasteiger partial charge in [-0.3, -0.25) is 9.59 Å². The Labute approximate surface area is 219 Å². The molecule has 3 heterocycles. The van der Waals surface area contributed by atoms with Gasteiger partial charge in [-0.2, -0.15) is 0 Å². The van der Waals surface area contributed by atoms with E-state index >= 15 is 0 Å². The van der Waals surface area contributed by atoms with Gasteiger partial charge in [0.05, 0.1) is 23.9 Å². The Balaban J connectivity index is 1.14. The van der Waals surface area contributed by atoms with E-state index in [9.17, 15) is 24.6 Å². The van der Waals surface area contributed by atoms with Crippen LogP contribution in [-0.2, 0) is 40.4 Å². The minimum atomic E-state index is -1.14. The van der Waals surface area contributed by atoms with E-state index in [4.69, 9.17) is 18.9 Å². The van der Waals surface area contributed by atoms with Gasteiger partial charge in [0.2, 0.25) is 11.7 Å². The predicted molar refractivity (Wildman–Crippen MR) is 130 cm³/mol. The monoisotopic (exact) mass is 528 g/mol. The van der Waals surface area contributed by atoms with Crippen LogP contribution in [0.25, 0.3) is 0 Å². The number of piperidine rings is 1. The lowest BCUT2D eigenvalue weighted by Crippen LogP contribution is -2.74. The number of aromatic hydroxyl groups is 1. The number of cyclic esters (lactones) is 1. The fraction of sp³-hybridized carbons (Fsp3) is 0.593. The Hall–Kier alpha value is -3.15. The second kappa shape index (κ2) is 8.42. The molecule has 11 nitrogen and oxygen atoms in total. The van der Waals surface area contributed by atoms with Gasteiger partial charge in [-0.25, -0.2) is 4.79 Å². The third-order valence-corrected chi connectivity index (χ3v) is 8.64. The molecule has 0 radical (unpaired) electrons. The molecule has 6 rings (SSSR count). The highest BCUT2D eigenvalue weighted by Gasteiger charge is 2.72. The maximum absolute atomic E-state index is 12.8. The third kappa shape index (κ3) is 3.55. The van der Waals surface area contributed by atoms with Gasteiger partial charge in [0.25, 0.3) is 0 Å². The van der Waals surface area contributed by atoms with Crippen molar-refractivity contribution in [3.8, 4) is 11.5 Å². The number of phenols is 1. The van der Waals surface area contributed by atoms with Crippen LogP contribution in [0.1, 0.15) is 50.7 Å². The zero-order valence-corrected chi connectivity index (χ0v) is 21.6. The molecule has 2 aliphatic carbocycles. The predicted octanol–water partition coefficient (Wildman–Crippen LogP) is 0.788. The molecule has 3 aliphatic heterocycles. The van der Waals surface area contributed by atoms with Crippen LogP contribution in [0.4, 0.5) is 0 Å². The molecule has 2 fully saturated rings. The fourth-order valence-electron chi connectivity index (χ4n) is 7.01. The van der Waals surface area contributed by atoms with E-state index in [0.717, 1.165) is 17.7 Å². The molecule has 204 valence electrons. The van der Waals surface area contributed by atoms with Crippen LogP contribution in [0.15, 0.2) is 24.0 Å². The summed E-state index contributed by atoms with van der Waals surface area (Å²) in [5, 5.41) is 25.3. The SMILES string of the molecule is CN1CC[C@]23c4c5ccc(O)c4O[C@H]2C(OC(=O)CCNC(=O)C[C@@H]2OC(C)(C)OC2=O)=CC[C@@]3(O)[C@H]1C5. The Bertz CT molecular complexity index is 1260. The molecule has 2 saturated heterocycles. The first-order valence-corrected chi connectivity index (χ1v) is 13.0. The second-order valence-corrected chi connectivity index (χ2v) is 11.3. The van der Waals surface area contributed by atoms with E-state index in [-0.39, 0.29) is 37.6 Å². The molecule has 38 heavy (non-hydrogen) atoms. The topological polar surface area (TPSA) is 144 Å². The van der Waals surface area contributed by atoms with E-state index in [1.165, 1.54) is 0 Å². The summed E-state index contributed by atoms with van der Waals surface area (Å²) in [4.78, 5) is 39.0. The number of nitrogens with one attached hydrogen (secondary N) is 1. The van der Waals surface area contributed by atoms with Crippen LogP contribution in [0.2, 0.25) is 0 Å². The minimum absolute atomic E-state index is 0.000784. The van der Waals surface area contributed by atoms with Crippen LogP contribution < -0.4 is 10.1 Å². The molecule has 1 spiro atoms. The van der Waals surface area contributed by atoms with E-state index in [0.29, 0.717) is 24.4 Å². The third-order valence-electron chi connectivity index (χ3n) is 8.64. The fourth-order valence-corrected chi connectivity index (χ4v) is 7.01. The van der Waals surface area contributed by atoms with Gasteiger partial charge >= 0.3 is 11.9 Å². The molecule has 5 atom stereocenters. The first kappa shape index (κ1) is 25.1. The lowest BCUT2D eigenvalue weighted by atomic mass is 9.50. The van der Waals surface area contributed by atoms with Gasteiger partial charge in [0, 0.05) is 38.4 Å². The van der Waals surface area contributed by atoms with Crippen LogP contribution in [-0.4, -0.2) is 82.7 Å². The van der Waals surface area contributed by atoms with Crippen molar-refractivity contribution in [2.45, 2.75) is 81.0 Å². The molecular weight excluding hydrogens is 496 g/mol. The molecule has 2 bridgehead atoms. The largest absolute Gasteiger partial charge is 0.504 e. The van der Waals surface area contributed by atoms with Crippen molar-refractivity contribution in [3.63, 3.8) is 0 Å². The van der Waals surface area contributed by atoms with Crippen molar-refractivity contribution in [2.75, 3.05) is 20.1 Å². The number of aliphatic hydroxyl groups is 1. The first-order valence-electron chi connectivity index (χ1n) is 13.0. The quantitative estimate of drug-likeness (QED) is 0.453. The molecule has 0 aromatic heterocycles. The molecule has 1 aromatic carbocycles. The zero-order valence-electron chi connectivity index (χ0n) is 21.6. The lowest BCUT2D eigenvalue weighted by molar-refractivity contribution is -0.169. The summed E-state index contributed by atoms with van der Waals surface area (Å²) in [6.07, 6.45) is 1.15. The summed E-state index contributed by atoms with van der Waals surface area (Å²) in [6.45, 7) is 3.92. The molecule has 1 aromatic rings. The second-order valence-electron chi connectivity index (χ2n) is 11.3. The van der Waals surface area contributed by atoms with Crippen molar-refractivity contribution < 1.29 is 43.5 Å². The van der Waals surface area contributed by atoms with Crippen molar-refractivity contribution in [1.29, 1.82) is 0 Å². The van der Waals surface area contributed by atoms with Crippen molar-refractivity contribution in [3.05, 3.63) is 35.1 Å². The maximum Gasteiger partial charge on any atom is 0.338 e. The van der Waals surface area contributed by atoms with Gasteiger partial charge in [0.15, 0.2) is 23.7 Å². The maximum atomic E-state index is 12.8. The average molecular weight is 529 g/mol. The highest BCUT2D eigenvalue weighted by Crippen LogP contribution is 2.65. The molecule has 0 unspecified atom stereocenters. The summed E-state index contributed by atoms with van der Waals surface area (Å²) in [5.41, 5.74) is -0.137. The Morgan fingerprint density at radius 2 is 2.08 bits per heavy atom. The number of ether oxygens (including phenoxy) is 4. The molecule has 1 amide bonds. The zero-order chi connectivity index (χ0) is 27.0. The first-order chi connectivity index (χ1) is 17.9. The number of benzene rings is 1. The van der Waals surface area contributed by atoms with Crippen LogP contribution in [0.5, 0.6) is 11.5 Å². The molecule has 11 heteroatoms. The van der Waals surface area contributed by atoms with Gasteiger partial charge in [-0.1, -0.05) is 6.07 Å². The Kier molecular flexibility index (Phi) is 5.57. The summed E-state index contributed by atoms with van der Waals surface area (Å²) < 4.78 is 22.5. The molecule has 3 N–H and O–H groups in total. The number of likely N-dealkylation sites (N-methyl/N-ethyl adjacent to an activating group) is 1. The van der Waals surface area contributed by atoms with Gasteiger partial charge in [-0.05, 0) is 44.1 Å². The number of amides is 1. The number of esters is 2. The van der Waals surface area contributed by atoms with Crippen molar-refractivity contribution in [1.82, 2.24) is 10.2 Å². The number of hydrogen-bond acceptors (Lipinski definition) is 10. The Morgan fingerprint density at radius 1 is 1.29 bits per heavy atom. The number of hydrogen-bond donors (Lipinski definition) is 3. The van der Waals surface area contributed by atoms with Gasteiger partial charge in [-0.15, -0.1) is 0 Å². The van der Waals surface area contributed by atoms with Crippen molar-refractivity contribution in [2.24, 2.45) is 0 Å². The lowest BCUT2D eigenvalue weighted by Gasteiger charge is -2.61. The standard InChI is InChI=1S/C27H32N2O9/c1-25(2)37-17(24(33)38-25)13-19(31)28-10-7-20(32)35-16-6-8-27(34)18-12-14-4-5-15(30)22-21(14)26(27,23(16)36-22)9-11-29(18)3/h4-6,17-18,23,30,34H,7-13H2,1-3H3,(H,28,31)/t17-,18+,23-,26-,27+/m0/s1. The highest BCUT2D eigenvalue weighted by molar-refractivity contribution is 5.85. The van der Waals surface area contributed by atoms with E-state index < -0.39 is 46.9 Å². The highest BCUT2D eigenvalue weighted by atomic mass is 16.8. The molecule has 0 saturated carbocycles. The van der Waals surface area contributed by atoms with Gasteiger partial charge < -0.3 is 39.4 Å². The van der Waals surface area contributed by atoms with E-state index in [1.54, 1.807) is 26.0 Å². The van der Waals surface area contributed by atoms with Crippen molar-refractivity contribution >= 4 is 17.8 Å². The molecular formula is C27H32N2O9. The summed E-state index contributed by atoms with van der Waals surface area (Å²) in [7, 11) is 2.00. The number of likely N-dealkylation sites (tertiary alicyclic amines) is 1. The number of nitrogens with zero attached hydrogens (tertiary/aromatic N) is 1. The summed E-state index contributed by atoms with van der Waals surface area (Å²) in [6, 6.07) is 3.36. The summed E-state index contributed by atoms with van der Waals surface area (Å²) in [5.74, 6) is -2.03. The smallest absolute Gasteiger partial charge is 0.338 e. The number of rotatable bonds is 6. The Morgan fingerprint density at radius 3 is 2.82 bits per heavy atom.